The number of hydrogen-bond acceptors (Lipinski definition) is 3. The Bertz CT molecular complexity index is 504. The van der Waals surface area contributed by atoms with Crippen LogP contribution in [0.15, 0.2) is 18.5 Å². The first kappa shape index (κ1) is 9.67. The van der Waals surface area contributed by atoms with Crippen LogP contribution in [0.1, 0.15) is 11.1 Å². The van der Waals surface area contributed by atoms with Crippen molar-refractivity contribution in [2.75, 3.05) is 0 Å². The van der Waals surface area contributed by atoms with E-state index < -0.39 is 5.97 Å². The van der Waals surface area contributed by atoms with Crippen LogP contribution in [-0.2, 0) is 17.8 Å². The van der Waals surface area contributed by atoms with Gasteiger partial charge in [-0.15, -0.1) is 0 Å². The molecular weight excluding hydrogens is 196 g/mol. The lowest BCUT2D eigenvalue weighted by Gasteiger charge is -2.02. The van der Waals surface area contributed by atoms with Crippen LogP contribution in [-0.4, -0.2) is 26.2 Å². The van der Waals surface area contributed by atoms with Gasteiger partial charge in [-0.1, -0.05) is 6.07 Å². The van der Waals surface area contributed by atoms with E-state index in [1.807, 2.05) is 0 Å². The summed E-state index contributed by atoms with van der Waals surface area (Å²) in [6.45, 7) is -0.110. The number of aliphatic carboxylic acids is 1. The van der Waals surface area contributed by atoms with Gasteiger partial charge in [0, 0.05) is 0 Å². The molecule has 3 N–H and O–H groups in total. The van der Waals surface area contributed by atoms with Gasteiger partial charge in [-0.25, -0.2) is 4.98 Å². The fraction of sp³-hybridized carbons (Fsp3) is 0.200. The van der Waals surface area contributed by atoms with Crippen molar-refractivity contribution in [3.8, 4) is 0 Å². The van der Waals surface area contributed by atoms with Crippen molar-refractivity contribution in [3.05, 3.63) is 29.6 Å². The molecule has 15 heavy (non-hydrogen) atoms. The number of imidazole rings is 1. The Morgan fingerprint density at radius 3 is 2.93 bits per heavy atom. The topological polar surface area (TPSA) is 86.2 Å². The number of aromatic nitrogens is 2. The molecular formula is C10H10N2O3. The summed E-state index contributed by atoms with van der Waals surface area (Å²) in [7, 11) is 0. The molecule has 0 saturated carbocycles. The van der Waals surface area contributed by atoms with E-state index in [4.69, 9.17) is 10.2 Å². The van der Waals surface area contributed by atoms with Gasteiger partial charge < -0.3 is 15.2 Å². The van der Waals surface area contributed by atoms with Gasteiger partial charge in [0.15, 0.2) is 0 Å². The fourth-order valence-corrected chi connectivity index (χ4v) is 1.58. The lowest BCUT2D eigenvalue weighted by molar-refractivity contribution is -0.136. The first-order valence-electron chi connectivity index (χ1n) is 4.48. The molecule has 0 radical (unpaired) electrons. The minimum Gasteiger partial charge on any atom is -0.481 e. The number of H-pyrrole nitrogens is 1. The second-order valence-corrected chi connectivity index (χ2v) is 3.28. The van der Waals surface area contributed by atoms with E-state index in [-0.39, 0.29) is 13.0 Å². The average Bonchev–Trinajstić information content (AvgIpc) is 2.64. The molecule has 0 atom stereocenters. The molecule has 78 valence electrons. The van der Waals surface area contributed by atoms with Crippen molar-refractivity contribution < 1.29 is 15.0 Å². The Morgan fingerprint density at radius 1 is 1.47 bits per heavy atom. The van der Waals surface area contributed by atoms with Gasteiger partial charge in [0.25, 0.3) is 0 Å². The standard InChI is InChI=1S/C10H10N2O3/c13-4-6-1-7(3-9(14)15)10-8(2-6)11-5-12-10/h1-2,5,13H,3-4H2,(H,11,12)(H,14,15). The number of carbonyl (C=O) groups is 1. The predicted octanol–water partition coefficient (Wildman–Crippen LogP) is 0.682. The van der Waals surface area contributed by atoms with Gasteiger partial charge in [-0.2, -0.15) is 0 Å². The van der Waals surface area contributed by atoms with Crippen LogP contribution >= 0.6 is 0 Å². The van der Waals surface area contributed by atoms with Crippen LogP contribution in [0, 0.1) is 0 Å². The third-order valence-electron chi connectivity index (χ3n) is 2.19. The van der Waals surface area contributed by atoms with E-state index in [1.165, 1.54) is 6.33 Å². The minimum atomic E-state index is -0.908. The summed E-state index contributed by atoms with van der Waals surface area (Å²) in [5.41, 5.74) is 2.70. The summed E-state index contributed by atoms with van der Waals surface area (Å²) in [5, 5.41) is 17.7. The van der Waals surface area contributed by atoms with Crippen LogP contribution in [0.25, 0.3) is 11.0 Å². The molecule has 2 aromatic rings. The maximum atomic E-state index is 10.6. The van der Waals surface area contributed by atoms with Gasteiger partial charge in [0.05, 0.1) is 30.4 Å². The Hall–Kier alpha value is -1.88. The number of aliphatic hydroxyl groups is 1. The minimum absolute atomic E-state index is 0.0881. The summed E-state index contributed by atoms with van der Waals surface area (Å²) in [4.78, 5) is 17.6. The molecule has 0 aliphatic rings. The molecule has 1 aromatic heterocycles. The highest BCUT2D eigenvalue weighted by Gasteiger charge is 2.09. The average molecular weight is 206 g/mol. The van der Waals surface area contributed by atoms with E-state index in [1.54, 1.807) is 12.1 Å². The zero-order chi connectivity index (χ0) is 10.8. The quantitative estimate of drug-likeness (QED) is 0.689. The molecule has 0 saturated heterocycles. The van der Waals surface area contributed by atoms with Crippen molar-refractivity contribution >= 4 is 17.0 Å². The monoisotopic (exact) mass is 206 g/mol. The number of nitrogens with one attached hydrogen (secondary N) is 1. The molecule has 1 aromatic carbocycles. The molecule has 5 nitrogen and oxygen atoms in total. The predicted molar refractivity (Wildman–Crippen MR) is 53.4 cm³/mol. The second-order valence-electron chi connectivity index (χ2n) is 3.28. The SMILES string of the molecule is O=C(O)Cc1cc(CO)cc2[nH]cnc12. The van der Waals surface area contributed by atoms with Crippen LogP contribution in [0.3, 0.4) is 0 Å². The smallest absolute Gasteiger partial charge is 0.307 e. The largest absolute Gasteiger partial charge is 0.481 e. The first-order valence-corrected chi connectivity index (χ1v) is 4.48. The number of hydrogen-bond donors (Lipinski definition) is 3. The number of aliphatic hydroxyl groups excluding tert-OH is 1. The maximum Gasteiger partial charge on any atom is 0.307 e. The molecule has 0 amide bonds. The van der Waals surface area contributed by atoms with Gasteiger partial charge in [0.2, 0.25) is 0 Å². The lowest BCUT2D eigenvalue weighted by atomic mass is 10.1. The summed E-state index contributed by atoms with van der Waals surface area (Å²) in [6.07, 6.45) is 1.42. The summed E-state index contributed by atoms with van der Waals surface area (Å²) >= 11 is 0. The van der Waals surface area contributed by atoms with Crippen molar-refractivity contribution in [1.82, 2.24) is 9.97 Å². The molecule has 0 bridgehead atoms. The Balaban J connectivity index is 2.57. The maximum absolute atomic E-state index is 10.6. The molecule has 5 heteroatoms. The number of nitrogens with zero attached hydrogens (tertiary/aromatic N) is 1. The van der Waals surface area contributed by atoms with E-state index in [9.17, 15) is 4.79 Å². The number of benzene rings is 1. The summed E-state index contributed by atoms with van der Waals surface area (Å²) in [5.74, 6) is -0.908. The molecule has 0 aliphatic heterocycles. The van der Waals surface area contributed by atoms with Gasteiger partial charge in [-0.05, 0) is 17.2 Å². The number of carboxylic acids is 1. The van der Waals surface area contributed by atoms with Crippen molar-refractivity contribution in [3.63, 3.8) is 0 Å². The zero-order valence-corrected chi connectivity index (χ0v) is 7.90. The lowest BCUT2D eigenvalue weighted by Crippen LogP contribution is -2.01. The van der Waals surface area contributed by atoms with Gasteiger partial charge in [-0.3, -0.25) is 4.79 Å². The van der Waals surface area contributed by atoms with E-state index >= 15 is 0 Å². The molecule has 1 heterocycles. The fourth-order valence-electron chi connectivity index (χ4n) is 1.58. The Labute approximate surface area is 85.4 Å². The van der Waals surface area contributed by atoms with Crippen LogP contribution in [0.5, 0.6) is 0 Å². The van der Waals surface area contributed by atoms with E-state index in [0.29, 0.717) is 16.6 Å². The summed E-state index contributed by atoms with van der Waals surface area (Å²) < 4.78 is 0. The van der Waals surface area contributed by atoms with E-state index in [2.05, 4.69) is 9.97 Å². The van der Waals surface area contributed by atoms with Gasteiger partial charge in [0.1, 0.15) is 0 Å². The van der Waals surface area contributed by atoms with Crippen LogP contribution < -0.4 is 0 Å². The number of aromatic amines is 1. The Kier molecular flexibility index (Phi) is 2.39. The highest BCUT2D eigenvalue weighted by atomic mass is 16.4. The molecule has 0 aliphatic carbocycles. The third kappa shape index (κ3) is 1.82. The van der Waals surface area contributed by atoms with Crippen LogP contribution in [0.2, 0.25) is 0 Å². The number of carboxylic acid groups (broad SMARTS) is 1. The molecule has 0 unspecified atom stereocenters. The second kappa shape index (κ2) is 3.70. The zero-order valence-electron chi connectivity index (χ0n) is 7.90. The van der Waals surface area contributed by atoms with Gasteiger partial charge >= 0.3 is 5.97 Å². The van der Waals surface area contributed by atoms with Crippen LogP contribution in [0.4, 0.5) is 0 Å². The third-order valence-corrected chi connectivity index (χ3v) is 2.19. The van der Waals surface area contributed by atoms with Crippen molar-refractivity contribution in [2.24, 2.45) is 0 Å². The summed E-state index contributed by atoms with van der Waals surface area (Å²) in [6, 6.07) is 3.42. The van der Waals surface area contributed by atoms with Crippen molar-refractivity contribution in [1.29, 1.82) is 0 Å². The normalized spacial score (nSPS) is 10.7. The number of rotatable bonds is 3. The Morgan fingerprint density at radius 2 is 2.27 bits per heavy atom. The molecule has 0 fully saturated rings. The molecule has 2 rings (SSSR count). The highest BCUT2D eigenvalue weighted by Crippen LogP contribution is 2.18. The number of fused-ring (bicyclic) bond motifs is 1. The highest BCUT2D eigenvalue weighted by molar-refractivity contribution is 5.83. The van der Waals surface area contributed by atoms with E-state index in [0.717, 1.165) is 5.52 Å². The first-order chi connectivity index (χ1) is 7.20. The van der Waals surface area contributed by atoms with Crippen molar-refractivity contribution in [2.45, 2.75) is 13.0 Å². The molecule has 0 spiro atoms.